The van der Waals surface area contributed by atoms with Crippen molar-refractivity contribution in [1.29, 1.82) is 0 Å². The molecule has 3 heterocycles. The molecule has 3 aromatic rings. The van der Waals surface area contributed by atoms with Crippen LogP contribution in [0.25, 0.3) is 11.2 Å². The Balaban J connectivity index is 2.06. The van der Waals surface area contributed by atoms with Crippen LogP contribution in [0.2, 0.25) is 0 Å². The van der Waals surface area contributed by atoms with Crippen molar-refractivity contribution in [1.82, 2.24) is 19.5 Å². The SMILES string of the molecule is CCc1cnc(Cn2c(CCCl)nc3c(C)ccnc32)o1. The van der Waals surface area contributed by atoms with E-state index in [2.05, 4.69) is 15.0 Å². The molecular formula is C15H17ClN4O. The summed E-state index contributed by atoms with van der Waals surface area (Å²) in [6.45, 7) is 4.60. The molecule has 0 saturated heterocycles. The summed E-state index contributed by atoms with van der Waals surface area (Å²) >= 11 is 5.89. The van der Waals surface area contributed by atoms with E-state index in [4.69, 9.17) is 16.0 Å². The van der Waals surface area contributed by atoms with Gasteiger partial charge >= 0.3 is 0 Å². The fraction of sp³-hybridized carbons (Fsp3) is 0.400. The summed E-state index contributed by atoms with van der Waals surface area (Å²) in [7, 11) is 0. The van der Waals surface area contributed by atoms with Crippen molar-refractivity contribution in [3.05, 3.63) is 41.5 Å². The van der Waals surface area contributed by atoms with E-state index in [-0.39, 0.29) is 0 Å². The zero-order chi connectivity index (χ0) is 14.8. The number of alkyl halides is 1. The second kappa shape index (κ2) is 5.85. The zero-order valence-electron chi connectivity index (χ0n) is 12.1. The van der Waals surface area contributed by atoms with Crippen molar-refractivity contribution >= 4 is 22.8 Å². The van der Waals surface area contributed by atoms with Gasteiger partial charge in [-0.3, -0.25) is 0 Å². The molecule has 0 aliphatic carbocycles. The molecule has 0 saturated carbocycles. The molecule has 0 radical (unpaired) electrons. The molecule has 0 aromatic carbocycles. The summed E-state index contributed by atoms with van der Waals surface area (Å²) < 4.78 is 7.74. The van der Waals surface area contributed by atoms with Gasteiger partial charge in [0.15, 0.2) is 5.65 Å². The summed E-state index contributed by atoms with van der Waals surface area (Å²) in [4.78, 5) is 13.4. The second-order valence-corrected chi connectivity index (χ2v) is 5.31. The van der Waals surface area contributed by atoms with Gasteiger partial charge in [0.2, 0.25) is 5.89 Å². The first-order valence-electron chi connectivity index (χ1n) is 7.03. The van der Waals surface area contributed by atoms with Crippen molar-refractivity contribution in [2.75, 3.05) is 5.88 Å². The minimum atomic E-state index is 0.522. The van der Waals surface area contributed by atoms with E-state index >= 15 is 0 Å². The van der Waals surface area contributed by atoms with Crippen molar-refractivity contribution in [3.63, 3.8) is 0 Å². The first-order chi connectivity index (χ1) is 10.2. The first kappa shape index (κ1) is 14.1. The van der Waals surface area contributed by atoms with Gasteiger partial charge in [0, 0.05) is 24.9 Å². The highest BCUT2D eigenvalue weighted by Gasteiger charge is 2.15. The maximum Gasteiger partial charge on any atom is 0.214 e. The van der Waals surface area contributed by atoms with Crippen LogP contribution < -0.4 is 0 Å². The lowest BCUT2D eigenvalue weighted by molar-refractivity contribution is 0.445. The van der Waals surface area contributed by atoms with Gasteiger partial charge in [0.25, 0.3) is 0 Å². The molecule has 0 amide bonds. The standard InChI is InChI=1S/C15H17ClN4O/c1-3-11-8-18-13(21-11)9-20-12(4-6-16)19-14-10(2)5-7-17-15(14)20/h5,7-8H,3-4,6,9H2,1-2H3. The molecule has 0 unspecified atom stereocenters. The summed E-state index contributed by atoms with van der Waals surface area (Å²) in [6, 6.07) is 1.96. The number of halogens is 1. The molecule has 3 rings (SSSR count). The number of hydrogen-bond donors (Lipinski definition) is 0. The Morgan fingerprint density at radius 1 is 1.33 bits per heavy atom. The lowest BCUT2D eigenvalue weighted by Gasteiger charge is -2.05. The van der Waals surface area contributed by atoms with Crippen LogP contribution in [-0.2, 0) is 19.4 Å². The zero-order valence-corrected chi connectivity index (χ0v) is 12.9. The van der Waals surface area contributed by atoms with Gasteiger partial charge in [-0.25, -0.2) is 15.0 Å². The lowest BCUT2D eigenvalue weighted by Crippen LogP contribution is -2.07. The Morgan fingerprint density at radius 3 is 2.90 bits per heavy atom. The Labute approximate surface area is 128 Å². The third-order valence-electron chi connectivity index (χ3n) is 3.48. The van der Waals surface area contributed by atoms with Gasteiger partial charge in [-0.15, -0.1) is 11.6 Å². The molecule has 0 aliphatic rings. The minimum Gasteiger partial charge on any atom is -0.444 e. The van der Waals surface area contributed by atoms with Crippen molar-refractivity contribution in [2.24, 2.45) is 0 Å². The fourth-order valence-electron chi connectivity index (χ4n) is 2.34. The maximum atomic E-state index is 5.89. The molecule has 0 bridgehead atoms. The average Bonchev–Trinajstić information content (AvgIpc) is 3.07. The molecule has 0 spiro atoms. The third-order valence-corrected chi connectivity index (χ3v) is 3.67. The molecule has 6 heteroatoms. The van der Waals surface area contributed by atoms with Crippen LogP contribution in [0.5, 0.6) is 0 Å². The smallest absolute Gasteiger partial charge is 0.214 e. The van der Waals surface area contributed by atoms with Crippen molar-refractivity contribution in [2.45, 2.75) is 33.2 Å². The van der Waals surface area contributed by atoms with Crippen LogP contribution in [0.1, 0.15) is 30.0 Å². The van der Waals surface area contributed by atoms with Crippen molar-refractivity contribution < 1.29 is 4.42 Å². The van der Waals surface area contributed by atoms with Crippen LogP contribution in [0.3, 0.4) is 0 Å². The van der Waals surface area contributed by atoms with E-state index < -0.39 is 0 Å². The highest BCUT2D eigenvalue weighted by molar-refractivity contribution is 6.17. The predicted molar refractivity (Wildman–Crippen MR) is 81.7 cm³/mol. The molecule has 21 heavy (non-hydrogen) atoms. The second-order valence-electron chi connectivity index (χ2n) is 4.93. The van der Waals surface area contributed by atoms with Crippen molar-refractivity contribution in [3.8, 4) is 0 Å². The summed E-state index contributed by atoms with van der Waals surface area (Å²) in [5.41, 5.74) is 2.88. The third kappa shape index (κ3) is 2.65. The predicted octanol–water partition coefficient (Wildman–Crippen LogP) is 3.12. The summed E-state index contributed by atoms with van der Waals surface area (Å²) in [5, 5.41) is 0. The quantitative estimate of drug-likeness (QED) is 0.680. The Hall–Kier alpha value is -1.88. The van der Waals surface area contributed by atoms with Crippen LogP contribution in [0, 0.1) is 6.92 Å². The number of aryl methyl sites for hydroxylation is 3. The van der Waals surface area contributed by atoms with Gasteiger partial charge in [-0.1, -0.05) is 6.92 Å². The molecule has 0 fully saturated rings. The Kier molecular flexibility index (Phi) is 3.92. The van der Waals surface area contributed by atoms with Gasteiger partial charge in [-0.05, 0) is 18.6 Å². The molecular weight excluding hydrogens is 288 g/mol. The van der Waals surface area contributed by atoms with E-state index in [1.807, 2.05) is 24.5 Å². The average molecular weight is 305 g/mol. The summed E-state index contributed by atoms with van der Waals surface area (Å²) in [5.74, 6) is 2.99. The molecule has 110 valence electrons. The highest BCUT2D eigenvalue weighted by atomic mass is 35.5. The monoisotopic (exact) mass is 304 g/mol. The number of rotatable bonds is 5. The Morgan fingerprint density at radius 2 is 2.19 bits per heavy atom. The van der Waals surface area contributed by atoms with Crippen LogP contribution >= 0.6 is 11.6 Å². The normalized spacial score (nSPS) is 11.4. The van der Waals surface area contributed by atoms with Crippen LogP contribution in [-0.4, -0.2) is 25.4 Å². The van der Waals surface area contributed by atoms with E-state index in [9.17, 15) is 0 Å². The van der Waals surface area contributed by atoms with Gasteiger partial charge in [-0.2, -0.15) is 0 Å². The van der Waals surface area contributed by atoms with E-state index in [0.717, 1.165) is 34.7 Å². The van der Waals surface area contributed by atoms with Crippen LogP contribution in [0.4, 0.5) is 0 Å². The maximum absolute atomic E-state index is 5.89. The fourth-order valence-corrected chi connectivity index (χ4v) is 2.51. The molecule has 0 aliphatic heterocycles. The minimum absolute atomic E-state index is 0.522. The number of pyridine rings is 1. The number of fused-ring (bicyclic) bond motifs is 1. The molecule has 0 atom stereocenters. The summed E-state index contributed by atoms with van der Waals surface area (Å²) in [6.07, 6.45) is 5.10. The topological polar surface area (TPSA) is 56.7 Å². The van der Waals surface area contributed by atoms with Gasteiger partial charge in [0.1, 0.15) is 23.6 Å². The van der Waals surface area contributed by atoms with E-state index in [1.165, 1.54) is 0 Å². The van der Waals surface area contributed by atoms with E-state index in [1.54, 1.807) is 12.4 Å². The number of aromatic nitrogens is 4. The van der Waals surface area contributed by atoms with Gasteiger partial charge < -0.3 is 8.98 Å². The number of hydrogen-bond acceptors (Lipinski definition) is 4. The lowest BCUT2D eigenvalue weighted by atomic mass is 10.3. The highest BCUT2D eigenvalue weighted by Crippen LogP contribution is 2.19. The van der Waals surface area contributed by atoms with Gasteiger partial charge in [0.05, 0.1) is 6.20 Å². The number of imidazole rings is 1. The molecule has 0 N–H and O–H groups in total. The number of oxazole rings is 1. The first-order valence-corrected chi connectivity index (χ1v) is 7.56. The molecule has 5 nitrogen and oxygen atoms in total. The molecule has 3 aromatic heterocycles. The van der Waals surface area contributed by atoms with E-state index in [0.29, 0.717) is 24.7 Å². The van der Waals surface area contributed by atoms with Crippen LogP contribution in [0.15, 0.2) is 22.9 Å². The number of nitrogens with zero attached hydrogens (tertiary/aromatic N) is 4. The Bertz CT molecular complexity index is 762. The largest absolute Gasteiger partial charge is 0.444 e.